The lowest BCUT2D eigenvalue weighted by Crippen LogP contribution is -2.34. The Balaban J connectivity index is 2.99. The topological polar surface area (TPSA) is 70.2 Å². The number of carbonyl (C=O) groups excluding carboxylic acids is 1. The van der Waals surface area contributed by atoms with E-state index in [-0.39, 0.29) is 12.5 Å². The number of amides is 1. The van der Waals surface area contributed by atoms with Crippen molar-refractivity contribution in [3.63, 3.8) is 0 Å². The highest BCUT2D eigenvalue weighted by Crippen LogP contribution is 2.22. The van der Waals surface area contributed by atoms with Gasteiger partial charge in [0.15, 0.2) is 0 Å². The van der Waals surface area contributed by atoms with Gasteiger partial charge >= 0.3 is 0 Å². The van der Waals surface area contributed by atoms with Gasteiger partial charge < -0.3 is 15.5 Å². The largest absolute Gasteiger partial charge is 0.370 e. The zero-order valence-electron chi connectivity index (χ0n) is 12.4. The zero-order valence-corrected chi connectivity index (χ0v) is 12.4. The second-order valence-electron chi connectivity index (χ2n) is 4.52. The van der Waals surface area contributed by atoms with Gasteiger partial charge in [0.2, 0.25) is 5.91 Å². The summed E-state index contributed by atoms with van der Waals surface area (Å²) >= 11 is 0. The van der Waals surface area contributed by atoms with Crippen molar-refractivity contribution in [3.05, 3.63) is 11.4 Å². The fourth-order valence-corrected chi connectivity index (χ4v) is 1.77. The maximum absolute atomic E-state index is 11.4. The van der Waals surface area contributed by atoms with Crippen LogP contribution in [0.4, 0.5) is 11.6 Å². The van der Waals surface area contributed by atoms with E-state index in [1.165, 1.54) is 0 Å². The van der Waals surface area contributed by atoms with Crippen LogP contribution in [0.2, 0.25) is 0 Å². The number of likely N-dealkylation sites (N-methyl/N-ethyl adjacent to an activating group) is 2. The van der Waals surface area contributed by atoms with Crippen molar-refractivity contribution in [2.75, 3.05) is 37.4 Å². The van der Waals surface area contributed by atoms with Crippen LogP contribution in [0.5, 0.6) is 0 Å². The van der Waals surface area contributed by atoms with Crippen LogP contribution in [0.15, 0.2) is 0 Å². The summed E-state index contributed by atoms with van der Waals surface area (Å²) in [4.78, 5) is 22.1. The molecule has 1 aromatic rings. The molecule has 0 saturated heterocycles. The molecule has 0 aliphatic heterocycles. The minimum absolute atomic E-state index is 0.0405. The van der Waals surface area contributed by atoms with E-state index in [1.807, 2.05) is 25.8 Å². The molecule has 19 heavy (non-hydrogen) atoms. The van der Waals surface area contributed by atoms with Crippen LogP contribution in [-0.4, -0.2) is 43.1 Å². The summed E-state index contributed by atoms with van der Waals surface area (Å²) in [5.41, 5.74) is 0.963. The van der Waals surface area contributed by atoms with Gasteiger partial charge in [-0.15, -0.1) is 0 Å². The van der Waals surface area contributed by atoms with E-state index >= 15 is 0 Å². The van der Waals surface area contributed by atoms with Gasteiger partial charge in [-0.05, 0) is 20.3 Å². The fourth-order valence-electron chi connectivity index (χ4n) is 1.77. The molecule has 0 aliphatic carbocycles. The molecule has 0 saturated carbocycles. The first-order valence-corrected chi connectivity index (χ1v) is 6.50. The van der Waals surface area contributed by atoms with E-state index in [2.05, 4.69) is 27.5 Å². The molecular weight excluding hydrogens is 242 g/mol. The second-order valence-corrected chi connectivity index (χ2v) is 4.52. The Labute approximate surface area is 114 Å². The maximum atomic E-state index is 11.4. The molecule has 1 amide bonds. The Morgan fingerprint density at radius 2 is 2.00 bits per heavy atom. The fraction of sp³-hybridized carbons (Fsp3) is 0.615. The number of hydrogen-bond donors (Lipinski definition) is 2. The van der Waals surface area contributed by atoms with Crippen LogP contribution in [0, 0.1) is 13.8 Å². The van der Waals surface area contributed by atoms with Crippen molar-refractivity contribution in [3.8, 4) is 0 Å². The molecule has 6 nitrogen and oxygen atoms in total. The molecule has 0 unspecified atom stereocenters. The number of nitrogens with zero attached hydrogens (tertiary/aromatic N) is 3. The lowest BCUT2D eigenvalue weighted by Gasteiger charge is -2.21. The van der Waals surface area contributed by atoms with E-state index < -0.39 is 0 Å². The summed E-state index contributed by atoms with van der Waals surface area (Å²) < 4.78 is 0. The Hall–Kier alpha value is -1.85. The number of carbonyl (C=O) groups is 1. The van der Waals surface area contributed by atoms with Crippen LogP contribution >= 0.6 is 0 Å². The lowest BCUT2D eigenvalue weighted by molar-refractivity contribution is -0.119. The molecule has 1 aromatic heterocycles. The van der Waals surface area contributed by atoms with Gasteiger partial charge in [0.25, 0.3) is 0 Å². The minimum Gasteiger partial charge on any atom is -0.370 e. The summed E-state index contributed by atoms with van der Waals surface area (Å²) in [5.74, 6) is 2.28. The molecule has 0 radical (unpaired) electrons. The molecule has 6 heteroatoms. The van der Waals surface area contributed by atoms with Crippen molar-refractivity contribution in [2.24, 2.45) is 0 Å². The number of rotatable bonds is 6. The summed E-state index contributed by atoms with van der Waals surface area (Å²) in [6.45, 7) is 7.08. The number of anilines is 2. The molecule has 0 bridgehead atoms. The highest BCUT2D eigenvalue weighted by Gasteiger charge is 2.14. The summed E-state index contributed by atoms with van der Waals surface area (Å²) in [5, 5.41) is 5.90. The van der Waals surface area contributed by atoms with Crippen LogP contribution in [-0.2, 0) is 4.79 Å². The van der Waals surface area contributed by atoms with E-state index in [0.717, 1.165) is 30.2 Å². The van der Waals surface area contributed by atoms with Crippen LogP contribution in [0.1, 0.15) is 24.7 Å². The number of hydrogen-bond acceptors (Lipinski definition) is 5. The molecule has 106 valence electrons. The highest BCUT2D eigenvalue weighted by atomic mass is 16.1. The first kappa shape index (κ1) is 15.2. The second kappa shape index (κ2) is 6.92. The third kappa shape index (κ3) is 4.08. The van der Waals surface area contributed by atoms with Crippen molar-refractivity contribution < 1.29 is 4.79 Å². The lowest BCUT2D eigenvalue weighted by atomic mass is 10.2. The third-order valence-corrected chi connectivity index (χ3v) is 2.80. The van der Waals surface area contributed by atoms with Crippen molar-refractivity contribution in [1.29, 1.82) is 0 Å². The van der Waals surface area contributed by atoms with Gasteiger partial charge in [0.05, 0.1) is 6.54 Å². The molecule has 0 aromatic carbocycles. The summed E-state index contributed by atoms with van der Waals surface area (Å²) in [7, 11) is 3.48. The van der Waals surface area contributed by atoms with E-state index in [4.69, 9.17) is 0 Å². The monoisotopic (exact) mass is 265 g/mol. The summed E-state index contributed by atoms with van der Waals surface area (Å²) in [6, 6.07) is 0. The van der Waals surface area contributed by atoms with E-state index in [1.54, 1.807) is 7.05 Å². The molecular formula is C13H23N5O. The van der Waals surface area contributed by atoms with Gasteiger partial charge in [-0.25, -0.2) is 9.97 Å². The molecule has 0 atom stereocenters. The molecule has 2 N–H and O–H groups in total. The quantitative estimate of drug-likeness (QED) is 0.806. The van der Waals surface area contributed by atoms with Gasteiger partial charge in [-0.3, -0.25) is 4.79 Å². The van der Waals surface area contributed by atoms with Crippen LogP contribution in [0.25, 0.3) is 0 Å². The van der Waals surface area contributed by atoms with Crippen LogP contribution in [0.3, 0.4) is 0 Å². The van der Waals surface area contributed by atoms with Gasteiger partial charge in [0.1, 0.15) is 17.5 Å². The molecule has 0 fully saturated rings. The Morgan fingerprint density at radius 1 is 1.32 bits per heavy atom. The average molecular weight is 265 g/mol. The molecule has 0 spiro atoms. The Kier molecular flexibility index (Phi) is 5.54. The normalized spacial score (nSPS) is 10.2. The number of aromatic nitrogens is 2. The van der Waals surface area contributed by atoms with Crippen molar-refractivity contribution >= 4 is 17.5 Å². The third-order valence-electron chi connectivity index (χ3n) is 2.80. The van der Waals surface area contributed by atoms with E-state index in [9.17, 15) is 4.79 Å². The molecule has 1 heterocycles. The van der Waals surface area contributed by atoms with Gasteiger partial charge in [0, 0.05) is 26.2 Å². The maximum Gasteiger partial charge on any atom is 0.239 e. The van der Waals surface area contributed by atoms with Gasteiger partial charge in [-0.2, -0.15) is 0 Å². The molecule has 1 rings (SSSR count). The number of nitrogens with one attached hydrogen (secondary N) is 2. The summed E-state index contributed by atoms with van der Waals surface area (Å²) in [6.07, 6.45) is 1.03. The first-order chi connectivity index (χ1) is 8.99. The predicted molar refractivity (Wildman–Crippen MR) is 77.6 cm³/mol. The minimum atomic E-state index is -0.0405. The van der Waals surface area contributed by atoms with E-state index in [0.29, 0.717) is 5.82 Å². The SMILES string of the molecule is CCCNc1nc(C)nc(N(C)CC(=O)NC)c1C. The highest BCUT2D eigenvalue weighted by molar-refractivity contribution is 5.81. The smallest absolute Gasteiger partial charge is 0.239 e. The van der Waals surface area contributed by atoms with Gasteiger partial charge in [-0.1, -0.05) is 6.92 Å². The van der Waals surface area contributed by atoms with Crippen molar-refractivity contribution in [1.82, 2.24) is 15.3 Å². The number of aryl methyl sites for hydroxylation is 1. The zero-order chi connectivity index (χ0) is 14.4. The van der Waals surface area contributed by atoms with Crippen LogP contribution < -0.4 is 15.5 Å². The Bertz CT molecular complexity index is 447. The first-order valence-electron chi connectivity index (χ1n) is 6.50. The standard InChI is InChI=1S/C13H23N5O/c1-6-7-15-12-9(2)13(17-10(3)16-12)18(5)8-11(19)14-4/h6-8H2,1-5H3,(H,14,19)(H,15,16,17). The Morgan fingerprint density at radius 3 is 2.58 bits per heavy atom. The van der Waals surface area contributed by atoms with Crippen molar-refractivity contribution in [2.45, 2.75) is 27.2 Å². The molecule has 0 aliphatic rings. The average Bonchev–Trinajstić information content (AvgIpc) is 2.38. The predicted octanol–water partition coefficient (Wildman–Crippen LogP) is 1.10.